The van der Waals surface area contributed by atoms with Gasteiger partial charge in [-0.05, 0) is 87.0 Å². The van der Waals surface area contributed by atoms with Crippen molar-refractivity contribution >= 4 is 0 Å². The van der Waals surface area contributed by atoms with Crippen LogP contribution in [0.15, 0.2) is 36.4 Å². The van der Waals surface area contributed by atoms with E-state index in [1.165, 1.54) is 30.9 Å². The molecule has 2 aromatic carbocycles. The highest BCUT2D eigenvalue weighted by molar-refractivity contribution is 5.65. The monoisotopic (exact) mass is 472 g/mol. The molecule has 34 heavy (non-hydrogen) atoms. The van der Waals surface area contributed by atoms with Gasteiger partial charge in [0.25, 0.3) is 0 Å². The van der Waals surface area contributed by atoms with Gasteiger partial charge in [-0.25, -0.2) is 4.39 Å². The van der Waals surface area contributed by atoms with Gasteiger partial charge in [0, 0.05) is 12.2 Å². The van der Waals surface area contributed by atoms with Crippen molar-refractivity contribution in [2.45, 2.75) is 83.3 Å². The minimum Gasteiger partial charge on any atom is -0.491 e. The molecule has 2 fully saturated rings. The minimum atomic E-state index is -0.929. The topological polar surface area (TPSA) is 27.7 Å². The molecule has 5 heteroatoms. The maximum absolute atomic E-state index is 14.6. The van der Waals surface area contributed by atoms with Crippen molar-refractivity contribution in [2.24, 2.45) is 5.92 Å². The Morgan fingerprint density at radius 3 is 2.29 bits per heavy atom. The lowest BCUT2D eigenvalue weighted by molar-refractivity contribution is -0.0856. The van der Waals surface area contributed by atoms with Gasteiger partial charge in [-0.1, -0.05) is 37.6 Å². The van der Waals surface area contributed by atoms with E-state index >= 15 is 0 Å². The van der Waals surface area contributed by atoms with Gasteiger partial charge in [-0.15, -0.1) is 0 Å². The van der Waals surface area contributed by atoms with Crippen LogP contribution < -0.4 is 4.74 Å². The summed E-state index contributed by atoms with van der Waals surface area (Å²) in [5, 5.41) is 0. The summed E-state index contributed by atoms with van der Waals surface area (Å²) in [6.07, 6.45) is 9.72. The average molecular weight is 473 g/mol. The molecular formula is C29H38F2O3. The molecule has 1 saturated heterocycles. The van der Waals surface area contributed by atoms with Crippen LogP contribution in [0.3, 0.4) is 0 Å². The first kappa shape index (κ1) is 25.1. The summed E-state index contributed by atoms with van der Waals surface area (Å²) in [6, 6.07) is 11.0. The van der Waals surface area contributed by atoms with E-state index in [4.69, 9.17) is 14.2 Å². The first-order valence-electron chi connectivity index (χ1n) is 13.0. The molecule has 0 bridgehead atoms. The zero-order valence-electron chi connectivity index (χ0n) is 20.5. The van der Waals surface area contributed by atoms with Crippen molar-refractivity contribution in [3.8, 4) is 16.9 Å². The second kappa shape index (κ2) is 12.1. The zero-order valence-corrected chi connectivity index (χ0v) is 20.5. The van der Waals surface area contributed by atoms with Crippen LogP contribution in [-0.4, -0.2) is 32.0 Å². The highest BCUT2D eigenvalue weighted by Crippen LogP contribution is 2.36. The lowest BCUT2D eigenvalue weighted by Crippen LogP contribution is -2.32. The lowest BCUT2D eigenvalue weighted by atomic mass is 9.82. The summed E-state index contributed by atoms with van der Waals surface area (Å²) in [4.78, 5) is 0. The number of hydrogen-bond acceptors (Lipinski definition) is 3. The molecule has 1 aliphatic carbocycles. The largest absolute Gasteiger partial charge is 0.491 e. The molecule has 2 unspecified atom stereocenters. The molecule has 4 rings (SSSR count). The van der Waals surface area contributed by atoms with Crippen molar-refractivity contribution < 1.29 is 23.0 Å². The van der Waals surface area contributed by atoms with Gasteiger partial charge in [0.05, 0.1) is 25.4 Å². The van der Waals surface area contributed by atoms with E-state index < -0.39 is 11.6 Å². The number of hydrogen-bond donors (Lipinski definition) is 0. The van der Waals surface area contributed by atoms with Crippen LogP contribution in [0.25, 0.3) is 11.1 Å². The molecule has 3 nitrogen and oxygen atoms in total. The summed E-state index contributed by atoms with van der Waals surface area (Å²) in [6.45, 7) is 5.89. The second-order valence-electron chi connectivity index (χ2n) is 9.79. The predicted molar refractivity (Wildman–Crippen MR) is 131 cm³/mol. The summed E-state index contributed by atoms with van der Waals surface area (Å²) < 4.78 is 46.2. The lowest BCUT2D eigenvalue weighted by Gasteiger charge is -2.32. The van der Waals surface area contributed by atoms with Crippen LogP contribution in [0.1, 0.15) is 76.7 Å². The van der Waals surface area contributed by atoms with E-state index in [1.54, 1.807) is 13.0 Å². The second-order valence-corrected chi connectivity index (χ2v) is 9.79. The van der Waals surface area contributed by atoms with Gasteiger partial charge in [0.2, 0.25) is 5.82 Å². The summed E-state index contributed by atoms with van der Waals surface area (Å²) >= 11 is 0. The third-order valence-corrected chi connectivity index (χ3v) is 7.39. The zero-order chi connectivity index (χ0) is 23.9. The molecule has 2 aromatic rings. The molecule has 1 aliphatic heterocycles. The van der Waals surface area contributed by atoms with Crippen LogP contribution in [0.2, 0.25) is 0 Å². The van der Waals surface area contributed by atoms with Crippen LogP contribution in [0.5, 0.6) is 5.75 Å². The molecule has 1 heterocycles. The SMILES string of the molecule is CCCC1CCC(COC2CCC(c3ccc(-c4ccc(OCC)c(F)c4F)cc3)CC2)OC1. The van der Waals surface area contributed by atoms with Crippen LogP contribution in [0.4, 0.5) is 8.78 Å². The van der Waals surface area contributed by atoms with Crippen molar-refractivity contribution in [3.05, 3.63) is 53.6 Å². The van der Waals surface area contributed by atoms with Crippen molar-refractivity contribution in [3.63, 3.8) is 0 Å². The van der Waals surface area contributed by atoms with Gasteiger partial charge in [0.15, 0.2) is 11.6 Å². The molecule has 0 N–H and O–H groups in total. The van der Waals surface area contributed by atoms with E-state index in [0.717, 1.165) is 44.6 Å². The molecular weight excluding hydrogens is 434 g/mol. The molecule has 0 radical (unpaired) electrons. The van der Waals surface area contributed by atoms with E-state index in [9.17, 15) is 8.78 Å². The molecule has 1 saturated carbocycles. The molecule has 2 aliphatic rings. The standard InChI is InChI=1S/C29H38F2O3/c1-3-5-20-6-13-25(33-18-20)19-34-24-14-11-22(12-15-24)21-7-9-23(10-8-21)26-16-17-27(32-4-2)29(31)28(26)30/h7-10,16-17,20,22,24-25H,3-6,11-15,18-19H2,1-2H3. The highest BCUT2D eigenvalue weighted by atomic mass is 19.2. The van der Waals surface area contributed by atoms with Crippen molar-refractivity contribution in [1.82, 2.24) is 0 Å². The van der Waals surface area contributed by atoms with Crippen molar-refractivity contribution in [2.75, 3.05) is 19.8 Å². The summed E-state index contributed by atoms with van der Waals surface area (Å²) in [5.41, 5.74) is 2.19. The minimum absolute atomic E-state index is 0.0462. The maximum atomic E-state index is 14.6. The van der Waals surface area contributed by atoms with E-state index in [1.807, 2.05) is 12.1 Å². The molecule has 0 aromatic heterocycles. The average Bonchev–Trinajstić information content (AvgIpc) is 2.87. The van der Waals surface area contributed by atoms with E-state index in [0.29, 0.717) is 30.8 Å². The molecule has 2 atom stereocenters. The number of halogens is 2. The number of benzene rings is 2. The fourth-order valence-electron chi connectivity index (χ4n) is 5.39. The fourth-order valence-corrected chi connectivity index (χ4v) is 5.39. The van der Waals surface area contributed by atoms with Crippen LogP contribution >= 0.6 is 0 Å². The van der Waals surface area contributed by atoms with Crippen LogP contribution in [-0.2, 0) is 9.47 Å². The predicted octanol–water partition coefficient (Wildman–Crippen LogP) is 7.67. The third kappa shape index (κ3) is 6.17. The molecule has 0 amide bonds. The Morgan fingerprint density at radius 2 is 1.65 bits per heavy atom. The van der Waals surface area contributed by atoms with E-state index in [-0.39, 0.29) is 17.4 Å². The highest BCUT2D eigenvalue weighted by Gasteiger charge is 2.26. The Bertz CT molecular complexity index is 898. The number of ether oxygens (including phenoxy) is 3. The van der Waals surface area contributed by atoms with Gasteiger partial charge in [-0.3, -0.25) is 0 Å². The summed E-state index contributed by atoms with van der Waals surface area (Å²) in [7, 11) is 0. The normalized spacial score (nSPS) is 25.3. The van der Waals surface area contributed by atoms with Gasteiger partial charge < -0.3 is 14.2 Å². The Labute approximate surface area is 202 Å². The molecule has 186 valence electrons. The fraction of sp³-hybridized carbons (Fsp3) is 0.586. The summed E-state index contributed by atoms with van der Waals surface area (Å²) in [5.74, 6) is -0.625. The third-order valence-electron chi connectivity index (χ3n) is 7.39. The Hall–Kier alpha value is -1.98. The smallest absolute Gasteiger partial charge is 0.201 e. The van der Waals surface area contributed by atoms with Crippen LogP contribution in [0, 0.1) is 17.6 Å². The quantitative estimate of drug-likeness (QED) is 0.375. The maximum Gasteiger partial charge on any atom is 0.201 e. The Kier molecular flexibility index (Phi) is 8.96. The first-order valence-corrected chi connectivity index (χ1v) is 13.0. The van der Waals surface area contributed by atoms with Gasteiger partial charge in [-0.2, -0.15) is 4.39 Å². The molecule has 0 spiro atoms. The van der Waals surface area contributed by atoms with Gasteiger partial charge in [0.1, 0.15) is 0 Å². The van der Waals surface area contributed by atoms with E-state index in [2.05, 4.69) is 19.1 Å². The first-order chi connectivity index (χ1) is 16.6. The Balaban J connectivity index is 1.26. The Morgan fingerprint density at radius 1 is 0.882 bits per heavy atom. The van der Waals surface area contributed by atoms with Crippen molar-refractivity contribution in [1.29, 1.82) is 0 Å². The van der Waals surface area contributed by atoms with Gasteiger partial charge >= 0.3 is 0 Å². The number of rotatable bonds is 9.